The van der Waals surface area contributed by atoms with Crippen molar-refractivity contribution in [3.63, 3.8) is 0 Å². The van der Waals surface area contributed by atoms with E-state index in [4.69, 9.17) is 11.6 Å². The second-order valence-electron chi connectivity index (χ2n) is 5.99. The van der Waals surface area contributed by atoms with Gasteiger partial charge in [-0.25, -0.2) is 0 Å². The second-order valence-corrected chi connectivity index (χ2v) is 6.40. The van der Waals surface area contributed by atoms with Crippen molar-refractivity contribution in [2.45, 2.75) is 25.7 Å². The molecule has 6 heteroatoms. The van der Waals surface area contributed by atoms with Crippen LogP contribution in [0.5, 0.6) is 0 Å². The predicted molar refractivity (Wildman–Crippen MR) is 79.5 cm³/mol. The van der Waals surface area contributed by atoms with Crippen LogP contribution in [0.1, 0.15) is 36.0 Å². The molecule has 1 aromatic rings. The van der Waals surface area contributed by atoms with Crippen LogP contribution in [0.15, 0.2) is 18.2 Å². The quantitative estimate of drug-likeness (QED) is 0.596. The van der Waals surface area contributed by atoms with Gasteiger partial charge in [0.1, 0.15) is 10.6 Å². The summed E-state index contributed by atoms with van der Waals surface area (Å²) in [4.78, 5) is 25.1. The van der Waals surface area contributed by atoms with Gasteiger partial charge in [0.2, 0.25) is 0 Å². The molecule has 112 valence electrons. The summed E-state index contributed by atoms with van der Waals surface area (Å²) in [5, 5.41) is 11.2. The largest absolute Gasteiger partial charge is 0.338 e. The van der Waals surface area contributed by atoms with Crippen LogP contribution in [-0.2, 0) is 0 Å². The minimum Gasteiger partial charge on any atom is -0.338 e. The lowest BCUT2D eigenvalue weighted by Crippen LogP contribution is -2.35. The molecule has 1 amide bonds. The van der Waals surface area contributed by atoms with Gasteiger partial charge >= 0.3 is 5.69 Å². The van der Waals surface area contributed by atoms with E-state index in [0.717, 1.165) is 25.7 Å². The molecular weight excluding hydrogens is 292 g/mol. The lowest BCUT2D eigenvalue weighted by molar-refractivity contribution is -0.385. The Labute approximate surface area is 128 Å². The van der Waals surface area contributed by atoms with Gasteiger partial charge in [-0.2, -0.15) is 0 Å². The first kappa shape index (κ1) is 14.3. The van der Waals surface area contributed by atoms with Gasteiger partial charge in [0.05, 0.1) is 4.92 Å². The molecule has 0 N–H and O–H groups in total. The molecule has 0 saturated heterocycles. The molecule has 1 aromatic carbocycles. The Hall–Kier alpha value is -1.62. The Kier molecular flexibility index (Phi) is 3.85. The van der Waals surface area contributed by atoms with Gasteiger partial charge in [0.25, 0.3) is 5.91 Å². The lowest BCUT2D eigenvalue weighted by Gasteiger charge is -2.22. The van der Waals surface area contributed by atoms with E-state index < -0.39 is 4.92 Å². The maximum absolute atomic E-state index is 12.7. The minimum atomic E-state index is -0.567. The number of nitro groups is 1. The number of hydrogen-bond donors (Lipinski definition) is 0. The van der Waals surface area contributed by atoms with Crippen molar-refractivity contribution < 1.29 is 9.72 Å². The van der Waals surface area contributed by atoms with E-state index in [1.807, 2.05) is 0 Å². The third kappa shape index (κ3) is 3.35. The van der Waals surface area contributed by atoms with E-state index in [1.54, 1.807) is 11.0 Å². The highest BCUT2D eigenvalue weighted by Gasteiger charge is 2.34. The number of nitro benzene ring substituents is 1. The molecule has 0 radical (unpaired) electrons. The average molecular weight is 309 g/mol. The van der Waals surface area contributed by atoms with Gasteiger partial charge < -0.3 is 4.90 Å². The van der Waals surface area contributed by atoms with Crippen molar-refractivity contribution in [2.24, 2.45) is 11.8 Å². The highest BCUT2D eigenvalue weighted by atomic mass is 35.5. The van der Waals surface area contributed by atoms with Crippen LogP contribution < -0.4 is 0 Å². The van der Waals surface area contributed by atoms with Crippen LogP contribution in [0.4, 0.5) is 5.69 Å². The van der Waals surface area contributed by atoms with Crippen molar-refractivity contribution in [1.29, 1.82) is 0 Å². The van der Waals surface area contributed by atoms with E-state index in [2.05, 4.69) is 0 Å². The van der Waals surface area contributed by atoms with Crippen LogP contribution in [0.2, 0.25) is 5.02 Å². The Morgan fingerprint density at radius 1 is 1.24 bits per heavy atom. The zero-order chi connectivity index (χ0) is 15.0. The number of hydrogen-bond acceptors (Lipinski definition) is 3. The van der Waals surface area contributed by atoms with Crippen LogP contribution >= 0.6 is 11.6 Å². The molecule has 2 fully saturated rings. The number of para-hydroxylation sites is 1. The molecule has 2 saturated carbocycles. The molecule has 0 aliphatic heterocycles. The molecule has 0 spiro atoms. The van der Waals surface area contributed by atoms with Gasteiger partial charge in [-0.05, 0) is 49.7 Å². The van der Waals surface area contributed by atoms with E-state index in [-0.39, 0.29) is 22.2 Å². The summed E-state index contributed by atoms with van der Waals surface area (Å²) in [5.74, 6) is 0.861. The highest BCUT2D eigenvalue weighted by Crippen LogP contribution is 2.36. The maximum Gasteiger partial charge on any atom is 0.300 e. The van der Waals surface area contributed by atoms with Crippen LogP contribution in [-0.4, -0.2) is 28.8 Å². The number of benzene rings is 1. The zero-order valence-electron chi connectivity index (χ0n) is 11.6. The van der Waals surface area contributed by atoms with Gasteiger partial charge in [0.15, 0.2) is 0 Å². The van der Waals surface area contributed by atoms with Crippen molar-refractivity contribution in [2.75, 3.05) is 13.1 Å². The van der Waals surface area contributed by atoms with E-state index in [0.29, 0.717) is 24.9 Å². The summed E-state index contributed by atoms with van der Waals surface area (Å²) in [6.07, 6.45) is 4.58. The van der Waals surface area contributed by atoms with Gasteiger partial charge in [-0.1, -0.05) is 17.7 Å². The summed E-state index contributed by atoms with van der Waals surface area (Å²) in [6, 6.07) is 4.54. The highest BCUT2D eigenvalue weighted by molar-refractivity contribution is 6.33. The van der Waals surface area contributed by atoms with Crippen molar-refractivity contribution in [3.8, 4) is 0 Å². The molecule has 2 aliphatic rings. The molecule has 2 aliphatic carbocycles. The third-order valence-electron chi connectivity index (χ3n) is 4.04. The molecule has 0 unspecified atom stereocenters. The van der Waals surface area contributed by atoms with Crippen LogP contribution in [0, 0.1) is 22.0 Å². The van der Waals surface area contributed by atoms with Crippen LogP contribution in [0.25, 0.3) is 0 Å². The fraction of sp³-hybridized carbons (Fsp3) is 0.533. The van der Waals surface area contributed by atoms with Gasteiger partial charge in [0, 0.05) is 13.1 Å². The Morgan fingerprint density at radius 2 is 1.81 bits per heavy atom. The average Bonchev–Trinajstić information content (AvgIpc) is 3.31. The summed E-state index contributed by atoms with van der Waals surface area (Å²) in [7, 11) is 0. The van der Waals surface area contributed by atoms with E-state index in [9.17, 15) is 14.9 Å². The molecule has 0 heterocycles. The van der Waals surface area contributed by atoms with Gasteiger partial charge in [-0.3, -0.25) is 14.9 Å². The first-order chi connectivity index (χ1) is 10.1. The fourth-order valence-corrected chi connectivity index (χ4v) is 2.75. The first-order valence-electron chi connectivity index (χ1n) is 7.28. The van der Waals surface area contributed by atoms with Gasteiger partial charge in [-0.15, -0.1) is 0 Å². The number of halogens is 1. The maximum atomic E-state index is 12.7. The Balaban J connectivity index is 1.87. The van der Waals surface area contributed by atoms with Crippen molar-refractivity contribution >= 4 is 23.2 Å². The second kappa shape index (κ2) is 5.64. The zero-order valence-corrected chi connectivity index (χ0v) is 12.4. The molecule has 0 bridgehead atoms. The number of carbonyl (C=O) groups excluding carboxylic acids is 1. The number of nitrogens with zero attached hydrogens (tertiary/aromatic N) is 2. The minimum absolute atomic E-state index is 0.0173. The molecule has 0 atom stereocenters. The van der Waals surface area contributed by atoms with Crippen molar-refractivity contribution in [3.05, 3.63) is 38.9 Å². The first-order valence-corrected chi connectivity index (χ1v) is 7.66. The Bertz CT molecular complexity index is 568. The number of amides is 1. The smallest absolute Gasteiger partial charge is 0.300 e. The molecule has 0 aromatic heterocycles. The lowest BCUT2D eigenvalue weighted by atomic mass is 10.1. The fourth-order valence-electron chi connectivity index (χ4n) is 2.51. The summed E-state index contributed by atoms with van der Waals surface area (Å²) < 4.78 is 0. The SMILES string of the molecule is O=C(c1cccc(Cl)c1[N+](=O)[O-])N(CC1CC1)CC1CC1. The monoisotopic (exact) mass is 308 g/mol. The number of rotatable bonds is 6. The van der Waals surface area contributed by atoms with E-state index in [1.165, 1.54) is 12.1 Å². The topological polar surface area (TPSA) is 63.4 Å². The number of carbonyl (C=O) groups is 1. The normalized spacial score (nSPS) is 17.6. The summed E-state index contributed by atoms with van der Waals surface area (Å²) in [5.41, 5.74) is -0.172. The van der Waals surface area contributed by atoms with E-state index >= 15 is 0 Å². The summed E-state index contributed by atoms with van der Waals surface area (Å²) in [6.45, 7) is 1.41. The molecular formula is C15H17ClN2O3. The standard InChI is InChI=1S/C15H17ClN2O3/c16-13-3-1-2-12(14(13)18(20)21)15(19)17(8-10-4-5-10)9-11-6-7-11/h1-3,10-11H,4-9H2. The molecule has 3 rings (SSSR count). The van der Waals surface area contributed by atoms with Crippen molar-refractivity contribution in [1.82, 2.24) is 4.90 Å². The van der Waals surface area contributed by atoms with Crippen LogP contribution in [0.3, 0.4) is 0 Å². The molecule has 5 nitrogen and oxygen atoms in total. The predicted octanol–water partition coefficient (Wildman–Crippen LogP) is 3.51. The Morgan fingerprint density at radius 3 is 2.29 bits per heavy atom. The third-order valence-corrected chi connectivity index (χ3v) is 4.34. The summed E-state index contributed by atoms with van der Waals surface area (Å²) >= 11 is 5.90. The molecule has 21 heavy (non-hydrogen) atoms.